The number of nitrogens with zero attached hydrogens (tertiary/aromatic N) is 2. The molecule has 1 fully saturated rings. The molecule has 0 aromatic heterocycles. The van der Waals surface area contributed by atoms with Gasteiger partial charge in [-0.05, 0) is 30.5 Å². The van der Waals surface area contributed by atoms with Crippen molar-refractivity contribution in [2.24, 2.45) is 0 Å². The fraction of sp³-hybridized carbons (Fsp3) is 0.278. The van der Waals surface area contributed by atoms with E-state index in [9.17, 15) is 13.2 Å². The number of rotatable bonds is 4. The van der Waals surface area contributed by atoms with Crippen LogP contribution in [0.1, 0.15) is 10.4 Å². The van der Waals surface area contributed by atoms with Gasteiger partial charge < -0.3 is 4.90 Å². The molecule has 2 aromatic carbocycles. The molecule has 0 aliphatic carbocycles. The molecule has 0 unspecified atom stereocenters. The van der Waals surface area contributed by atoms with Crippen molar-refractivity contribution >= 4 is 50.9 Å². The lowest BCUT2D eigenvalue weighted by Gasteiger charge is -2.34. The minimum Gasteiger partial charge on any atom is -0.336 e. The molecule has 1 heterocycles. The van der Waals surface area contributed by atoms with Gasteiger partial charge in [-0.2, -0.15) is 4.31 Å². The van der Waals surface area contributed by atoms with Crippen LogP contribution in [0.4, 0.5) is 0 Å². The molecule has 0 spiro atoms. The smallest absolute Gasteiger partial charge is 0.255 e. The Labute approximate surface area is 173 Å². The number of hydrogen-bond donors (Lipinski definition) is 0. The van der Waals surface area contributed by atoms with Crippen molar-refractivity contribution in [2.45, 2.75) is 9.79 Å². The molecule has 3 rings (SSSR count). The number of halogens is 2. The van der Waals surface area contributed by atoms with Crippen molar-refractivity contribution in [3.8, 4) is 0 Å². The van der Waals surface area contributed by atoms with E-state index >= 15 is 0 Å². The summed E-state index contributed by atoms with van der Waals surface area (Å²) in [5.74, 6) is -0.0900. The quantitative estimate of drug-likeness (QED) is 0.671. The fourth-order valence-electron chi connectivity index (χ4n) is 2.98. The first-order valence-corrected chi connectivity index (χ1v) is 11.6. The largest absolute Gasteiger partial charge is 0.336 e. The van der Waals surface area contributed by atoms with Crippen molar-refractivity contribution in [3.63, 3.8) is 0 Å². The molecule has 9 heteroatoms. The van der Waals surface area contributed by atoms with Crippen molar-refractivity contribution in [2.75, 3.05) is 32.4 Å². The Morgan fingerprint density at radius 2 is 1.56 bits per heavy atom. The highest BCUT2D eigenvalue weighted by Gasteiger charge is 2.33. The van der Waals surface area contributed by atoms with E-state index in [0.717, 1.165) is 4.90 Å². The second-order valence-electron chi connectivity index (χ2n) is 5.95. The molecule has 1 aliphatic rings. The van der Waals surface area contributed by atoms with Crippen LogP contribution >= 0.6 is 35.0 Å². The minimum atomic E-state index is -3.82. The van der Waals surface area contributed by atoms with E-state index in [1.165, 1.54) is 28.2 Å². The number of carbonyl (C=O) groups excluding carboxylic acids is 1. The van der Waals surface area contributed by atoms with Crippen LogP contribution in [0.25, 0.3) is 0 Å². The fourth-order valence-corrected chi connectivity index (χ4v) is 6.08. The molecule has 0 N–H and O–H groups in total. The molecular formula is C18H18Cl2N2O3S2. The zero-order valence-corrected chi connectivity index (χ0v) is 17.7. The van der Waals surface area contributed by atoms with Crippen LogP contribution in [0.2, 0.25) is 10.0 Å². The average molecular weight is 445 g/mol. The molecule has 0 saturated carbocycles. The number of sulfonamides is 1. The minimum absolute atomic E-state index is 0.0826. The van der Waals surface area contributed by atoms with Crippen LogP contribution in [0.5, 0.6) is 0 Å². The monoisotopic (exact) mass is 444 g/mol. The van der Waals surface area contributed by atoms with Gasteiger partial charge in [0, 0.05) is 31.1 Å². The first-order valence-electron chi connectivity index (χ1n) is 8.22. The molecule has 2 aromatic rings. The van der Waals surface area contributed by atoms with E-state index in [4.69, 9.17) is 23.2 Å². The Kier molecular flexibility index (Phi) is 6.38. The molecule has 0 atom stereocenters. The number of thioether (sulfide) groups is 1. The van der Waals surface area contributed by atoms with Crippen molar-refractivity contribution < 1.29 is 13.2 Å². The molecule has 27 heavy (non-hydrogen) atoms. The summed E-state index contributed by atoms with van der Waals surface area (Å²) in [5.41, 5.74) is 0.635. The molecule has 1 saturated heterocycles. The molecule has 0 radical (unpaired) electrons. The molecule has 1 amide bonds. The SMILES string of the molecule is CSc1ccccc1C(=O)N1CCN(S(=O)(=O)c2c(Cl)cccc2Cl)CC1. The lowest BCUT2D eigenvalue weighted by Crippen LogP contribution is -2.50. The van der Waals surface area contributed by atoms with Gasteiger partial charge in [-0.3, -0.25) is 4.79 Å². The first kappa shape index (κ1) is 20.5. The Morgan fingerprint density at radius 3 is 2.15 bits per heavy atom. The summed E-state index contributed by atoms with van der Waals surface area (Å²) in [5, 5.41) is 0.185. The first-order chi connectivity index (χ1) is 12.9. The average Bonchev–Trinajstić information content (AvgIpc) is 2.67. The van der Waals surface area contributed by atoms with Gasteiger partial charge in [-0.25, -0.2) is 8.42 Å². The molecular weight excluding hydrogens is 427 g/mol. The zero-order valence-electron chi connectivity index (χ0n) is 14.6. The van der Waals surface area contributed by atoms with Gasteiger partial charge in [-0.15, -0.1) is 11.8 Å². The maximum absolute atomic E-state index is 12.9. The van der Waals surface area contributed by atoms with E-state index in [1.807, 2.05) is 24.5 Å². The second-order valence-corrected chi connectivity index (χ2v) is 9.48. The van der Waals surface area contributed by atoms with E-state index in [0.29, 0.717) is 18.7 Å². The summed E-state index contributed by atoms with van der Waals surface area (Å²) < 4.78 is 27.2. The maximum Gasteiger partial charge on any atom is 0.255 e. The topological polar surface area (TPSA) is 57.7 Å². The van der Waals surface area contributed by atoms with Gasteiger partial charge in [0.1, 0.15) is 4.90 Å². The van der Waals surface area contributed by atoms with Crippen LogP contribution in [0.15, 0.2) is 52.3 Å². The van der Waals surface area contributed by atoms with E-state index in [1.54, 1.807) is 17.0 Å². The predicted octanol–water partition coefficient (Wildman–Crippen LogP) is 3.86. The number of benzene rings is 2. The summed E-state index contributed by atoms with van der Waals surface area (Å²) in [6.45, 7) is 1.000. The Balaban J connectivity index is 1.76. The Morgan fingerprint density at radius 1 is 0.963 bits per heavy atom. The van der Waals surface area contributed by atoms with Gasteiger partial charge in [0.05, 0.1) is 15.6 Å². The highest BCUT2D eigenvalue weighted by atomic mass is 35.5. The summed E-state index contributed by atoms with van der Waals surface area (Å²) in [6.07, 6.45) is 1.92. The number of amides is 1. The lowest BCUT2D eigenvalue weighted by atomic mass is 10.2. The molecule has 5 nitrogen and oxygen atoms in total. The van der Waals surface area contributed by atoms with Crippen LogP contribution in [-0.4, -0.2) is 56.0 Å². The third-order valence-electron chi connectivity index (χ3n) is 4.38. The molecule has 0 bridgehead atoms. The molecule has 1 aliphatic heterocycles. The normalized spacial score (nSPS) is 15.7. The predicted molar refractivity (Wildman–Crippen MR) is 109 cm³/mol. The van der Waals surface area contributed by atoms with Crippen LogP contribution in [0.3, 0.4) is 0 Å². The molecule has 144 valence electrons. The van der Waals surface area contributed by atoms with Gasteiger partial charge in [0.15, 0.2) is 0 Å². The summed E-state index contributed by atoms with van der Waals surface area (Å²) in [4.78, 5) is 15.3. The van der Waals surface area contributed by atoms with Crippen LogP contribution in [-0.2, 0) is 10.0 Å². The Hall–Kier alpha value is -1.25. The Bertz CT molecular complexity index is 939. The second kappa shape index (κ2) is 8.41. The van der Waals surface area contributed by atoms with Crippen molar-refractivity contribution in [1.29, 1.82) is 0 Å². The van der Waals surface area contributed by atoms with Crippen molar-refractivity contribution in [3.05, 3.63) is 58.1 Å². The highest BCUT2D eigenvalue weighted by Crippen LogP contribution is 2.32. The standard InChI is InChI=1S/C18H18Cl2N2O3S2/c1-26-16-8-3-2-5-13(16)18(23)21-9-11-22(12-10-21)27(24,25)17-14(19)6-4-7-15(17)20/h2-8H,9-12H2,1H3. The highest BCUT2D eigenvalue weighted by molar-refractivity contribution is 7.98. The van der Waals surface area contributed by atoms with Gasteiger partial charge in [0.25, 0.3) is 5.91 Å². The lowest BCUT2D eigenvalue weighted by molar-refractivity contribution is 0.0694. The van der Waals surface area contributed by atoms with Crippen LogP contribution < -0.4 is 0 Å². The number of hydrogen-bond acceptors (Lipinski definition) is 4. The summed E-state index contributed by atoms with van der Waals surface area (Å²) in [6, 6.07) is 12.0. The number of carbonyl (C=O) groups is 1. The van der Waals surface area contributed by atoms with Crippen molar-refractivity contribution in [1.82, 2.24) is 9.21 Å². The summed E-state index contributed by atoms with van der Waals surface area (Å²) >= 11 is 13.6. The third kappa shape index (κ3) is 4.12. The number of piperazine rings is 1. The van der Waals surface area contributed by atoms with Gasteiger partial charge >= 0.3 is 0 Å². The van der Waals surface area contributed by atoms with Gasteiger partial charge in [-0.1, -0.05) is 41.4 Å². The van der Waals surface area contributed by atoms with E-state index in [2.05, 4.69) is 0 Å². The maximum atomic E-state index is 12.9. The third-order valence-corrected chi connectivity index (χ3v) is 8.03. The van der Waals surface area contributed by atoms with Crippen LogP contribution in [0, 0.1) is 0 Å². The zero-order chi connectivity index (χ0) is 19.6. The van der Waals surface area contributed by atoms with Gasteiger partial charge in [0.2, 0.25) is 10.0 Å². The summed E-state index contributed by atoms with van der Waals surface area (Å²) in [7, 11) is -3.82. The van der Waals surface area contributed by atoms with E-state index < -0.39 is 10.0 Å². The van der Waals surface area contributed by atoms with E-state index in [-0.39, 0.29) is 33.9 Å².